The zero-order valence-corrected chi connectivity index (χ0v) is 12.8. The van der Waals surface area contributed by atoms with Crippen LogP contribution in [0.5, 0.6) is 0 Å². The van der Waals surface area contributed by atoms with E-state index in [1.807, 2.05) is 0 Å². The predicted octanol–water partition coefficient (Wildman–Crippen LogP) is 0.437. The maximum absolute atomic E-state index is 11.7. The highest BCUT2D eigenvalue weighted by molar-refractivity contribution is 5.80. The molecule has 0 aromatic carbocycles. The van der Waals surface area contributed by atoms with Crippen molar-refractivity contribution in [1.29, 1.82) is 0 Å². The van der Waals surface area contributed by atoms with E-state index in [-0.39, 0.29) is 5.91 Å². The first kappa shape index (κ1) is 15.9. The highest BCUT2D eigenvalue weighted by Crippen LogP contribution is 2.09. The summed E-state index contributed by atoms with van der Waals surface area (Å²) < 4.78 is 5.25. The Hall–Kier alpha value is -1.47. The van der Waals surface area contributed by atoms with E-state index >= 15 is 0 Å². The van der Waals surface area contributed by atoms with Crippen molar-refractivity contribution in [3.05, 3.63) is 11.7 Å². The van der Waals surface area contributed by atoms with Crippen molar-refractivity contribution in [2.24, 2.45) is 0 Å². The molecule has 1 aromatic heterocycles. The van der Waals surface area contributed by atoms with Gasteiger partial charge in [-0.25, -0.2) is 0 Å². The summed E-state index contributed by atoms with van der Waals surface area (Å²) in [6.45, 7) is 7.02. The van der Waals surface area contributed by atoms with Gasteiger partial charge in [-0.15, -0.1) is 0 Å². The Morgan fingerprint density at radius 1 is 1.38 bits per heavy atom. The summed E-state index contributed by atoms with van der Waals surface area (Å²) in [4.78, 5) is 19.9. The Bertz CT molecular complexity index is 453. The molecular weight excluding hydrogens is 272 g/mol. The maximum atomic E-state index is 11.7. The van der Waals surface area contributed by atoms with Crippen LogP contribution in [0.25, 0.3) is 0 Å². The maximum Gasteiger partial charge on any atom is 0.251 e. The number of hydrogen-bond donors (Lipinski definition) is 1. The van der Waals surface area contributed by atoms with Crippen LogP contribution in [0, 0.1) is 0 Å². The first-order valence-electron chi connectivity index (χ1n) is 7.60. The predicted molar refractivity (Wildman–Crippen MR) is 76.4 cm³/mol. The van der Waals surface area contributed by atoms with E-state index < -0.39 is 6.10 Å². The average Bonchev–Trinajstić information content (AvgIpc) is 2.92. The second-order valence-corrected chi connectivity index (χ2v) is 5.49. The number of carbonyl (C=O) groups excluding carboxylic acids is 1. The third kappa shape index (κ3) is 4.50. The lowest BCUT2D eigenvalue weighted by atomic mass is 10.2. The van der Waals surface area contributed by atoms with Crippen molar-refractivity contribution >= 4 is 5.91 Å². The summed E-state index contributed by atoms with van der Waals surface area (Å²) in [5.41, 5.74) is 0. The standard InChI is InChI=1S/C14H24N4O3/c1-3-4-5-12-15-13(21-16-12)10-17-6-8-18(9-7-17)14(20)11(2)19/h11,19H,3-10H2,1-2H3. The van der Waals surface area contributed by atoms with E-state index in [9.17, 15) is 9.90 Å². The molecule has 1 unspecified atom stereocenters. The van der Waals surface area contributed by atoms with Crippen LogP contribution in [0.4, 0.5) is 0 Å². The van der Waals surface area contributed by atoms with Gasteiger partial charge < -0.3 is 14.5 Å². The van der Waals surface area contributed by atoms with Gasteiger partial charge in [-0.1, -0.05) is 18.5 Å². The molecule has 21 heavy (non-hydrogen) atoms. The number of piperazine rings is 1. The lowest BCUT2D eigenvalue weighted by Gasteiger charge is -2.34. The summed E-state index contributed by atoms with van der Waals surface area (Å²) in [6.07, 6.45) is 2.12. The van der Waals surface area contributed by atoms with Crippen LogP contribution in [0.1, 0.15) is 38.4 Å². The molecule has 0 bridgehead atoms. The number of nitrogens with zero attached hydrogens (tertiary/aromatic N) is 4. The molecule has 1 atom stereocenters. The van der Waals surface area contributed by atoms with E-state index in [2.05, 4.69) is 22.0 Å². The molecule has 7 nitrogen and oxygen atoms in total. The number of aliphatic hydroxyl groups is 1. The number of aromatic nitrogens is 2. The molecule has 1 amide bonds. The van der Waals surface area contributed by atoms with E-state index in [0.717, 1.165) is 38.2 Å². The Kier molecular flexibility index (Phi) is 5.69. The quantitative estimate of drug-likeness (QED) is 0.820. The molecule has 1 aliphatic heterocycles. The monoisotopic (exact) mass is 296 g/mol. The number of rotatable bonds is 6. The van der Waals surface area contributed by atoms with Crippen molar-refractivity contribution in [3.63, 3.8) is 0 Å². The molecule has 0 aliphatic carbocycles. The SMILES string of the molecule is CCCCc1noc(CN2CCN(C(=O)C(C)O)CC2)n1. The fourth-order valence-corrected chi connectivity index (χ4v) is 2.37. The molecule has 7 heteroatoms. The van der Waals surface area contributed by atoms with Crippen LogP contribution in [0.2, 0.25) is 0 Å². The van der Waals surface area contributed by atoms with Crippen molar-refractivity contribution in [2.45, 2.75) is 45.8 Å². The third-order valence-electron chi connectivity index (χ3n) is 3.66. The second kappa shape index (κ2) is 7.51. The average molecular weight is 296 g/mol. The van der Waals surface area contributed by atoms with Gasteiger partial charge in [0.25, 0.3) is 5.91 Å². The molecule has 1 aliphatic rings. The van der Waals surface area contributed by atoms with E-state index in [1.165, 1.54) is 6.92 Å². The van der Waals surface area contributed by atoms with E-state index in [1.54, 1.807) is 4.90 Å². The van der Waals surface area contributed by atoms with Gasteiger partial charge in [0.05, 0.1) is 6.54 Å². The molecule has 2 rings (SSSR count). The molecule has 0 saturated carbocycles. The second-order valence-electron chi connectivity index (χ2n) is 5.49. The Balaban J connectivity index is 1.78. The molecule has 1 aromatic rings. The summed E-state index contributed by atoms with van der Waals surface area (Å²) in [6, 6.07) is 0. The van der Waals surface area contributed by atoms with Crippen LogP contribution in [-0.2, 0) is 17.8 Å². The summed E-state index contributed by atoms with van der Waals surface area (Å²) in [5.74, 6) is 1.21. The first-order chi connectivity index (χ1) is 10.1. The van der Waals surface area contributed by atoms with Gasteiger partial charge in [0, 0.05) is 32.6 Å². The Morgan fingerprint density at radius 2 is 2.10 bits per heavy atom. The topological polar surface area (TPSA) is 82.7 Å². The molecule has 0 spiro atoms. The van der Waals surface area contributed by atoms with Crippen molar-refractivity contribution in [3.8, 4) is 0 Å². The first-order valence-corrected chi connectivity index (χ1v) is 7.60. The minimum Gasteiger partial charge on any atom is -0.384 e. The van der Waals surface area contributed by atoms with Crippen molar-refractivity contribution in [1.82, 2.24) is 19.9 Å². The van der Waals surface area contributed by atoms with Crippen molar-refractivity contribution < 1.29 is 14.4 Å². The fourth-order valence-electron chi connectivity index (χ4n) is 2.37. The molecule has 1 N–H and O–H groups in total. The van der Waals surface area contributed by atoms with Gasteiger partial charge in [0.1, 0.15) is 6.10 Å². The van der Waals surface area contributed by atoms with Crippen LogP contribution < -0.4 is 0 Å². The van der Waals surface area contributed by atoms with Gasteiger partial charge >= 0.3 is 0 Å². The zero-order chi connectivity index (χ0) is 15.2. The highest BCUT2D eigenvalue weighted by atomic mass is 16.5. The Labute approximate surface area is 124 Å². The number of aliphatic hydroxyl groups excluding tert-OH is 1. The highest BCUT2D eigenvalue weighted by Gasteiger charge is 2.24. The number of hydrogen-bond acceptors (Lipinski definition) is 6. The number of carbonyl (C=O) groups is 1. The largest absolute Gasteiger partial charge is 0.384 e. The summed E-state index contributed by atoms with van der Waals surface area (Å²) in [5, 5.41) is 13.3. The number of amides is 1. The van der Waals surface area contributed by atoms with Gasteiger partial charge in [-0.05, 0) is 13.3 Å². The lowest BCUT2D eigenvalue weighted by molar-refractivity contribution is -0.141. The van der Waals surface area contributed by atoms with Crippen LogP contribution in [0.15, 0.2) is 4.52 Å². The molecule has 0 radical (unpaired) electrons. The lowest BCUT2D eigenvalue weighted by Crippen LogP contribution is -2.50. The fraction of sp³-hybridized carbons (Fsp3) is 0.786. The molecular formula is C14H24N4O3. The molecule has 1 fully saturated rings. The zero-order valence-electron chi connectivity index (χ0n) is 12.8. The molecule has 2 heterocycles. The number of aryl methyl sites for hydroxylation is 1. The van der Waals surface area contributed by atoms with Gasteiger partial charge in [-0.2, -0.15) is 4.98 Å². The Morgan fingerprint density at radius 3 is 2.71 bits per heavy atom. The molecule has 1 saturated heterocycles. The van der Waals surface area contributed by atoms with Crippen LogP contribution >= 0.6 is 0 Å². The van der Waals surface area contributed by atoms with Gasteiger partial charge in [-0.3, -0.25) is 9.69 Å². The van der Waals surface area contributed by atoms with Gasteiger partial charge in [0.2, 0.25) is 5.89 Å². The minimum atomic E-state index is -0.923. The summed E-state index contributed by atoms with van der Waals surface area (Å²) in [7, 11) is 0. The van der Waals surface area contributed by atoms with Crippen LogP contribution in [0.3, 0.4) is 0 Å². The third-order valence-corrected chi connectivity index (χ3v) is 3.66. The van der Waals surface area contributed by atoms with E-state index in [0.29, 0.717) is 25.5 Å². The van der Waals surface area contributed by atoms with Crippen molar-refractivity contribution in [2.75, 3.05) is 26.2 Å². The normalized spacial score (nSPS) is 18.0. The minimum absolute atomic E-state index is 0.200. The molecule has 118 valence electrons. The van der Waals surface area contributed by atoms with Gasteiger partial charge in [0.15, 0.2) is 5.82 Å². The smallest absolute Gasteiger partial charge is 0.251 e. The van der Waals surface area contributed by atoms with Crippen LogP contribution in [-0.4, -0.2) is 63.2 Å². The van der Waals surface area contributed by atoms with E-state index in [4.69, 9.17) is 4.52 Å². The summed E-state index contributed by atoms with van der Waals surface area (Å²) >= 11 is 0. The number of unbranched alkanes of at least 4 members (excludes halogenated alkanes) is 1.